The molecule has 0 aliphatic carbocycles. The third-order valence-corrected chi connectivity index (χ3v) is 6.93. The Morgan fingerprint density at radius 3 is 2.93 bits per heavy atom. The number of thiazole rings is 1. The van der Waals surface area contributed by atoms with Crippen LogP contribution >= 0.6 is 23.6 Å². The summed E-state index contributed by atoms with van der Waals surface area (Å²) in [6, 6.07) is 12.4. The van der Waals surface area contributed by atoms with Crippen molar-refractivity contribution >= 4 is 33.8 Å². The topological polar surface area (TPSA) is 52.0 Å². The van der Waals surface area contributed by atoms with Crippen LogP contribution in [0.25, 0.3) is 21.8 Å². The van der Waals surface area contributed by atoms with Crippen LogP contribution in [0.3, 0.4) is 0 Å². The molecule has 1 fully saturated rings. The lowest BCUT2D eigenvalue weighted by molar-refractivity contribution is 0.103. The van der Waals surface area contributed by atoms with Crippen molar-refractivity contribution in [2.75, 3.05) is 6.54 Å². The zero-order chi connectivity index (χ0) is 19.1. The molecule has 0 saturated carbocycles. The molecule has 0 radical (unpaired) electrons. The maximum atomic E-state index is 5.65. The SMILES string of the molecule is Cn1c(-c2ccco2)nn(CN2CCCCC2c2nc3ccccc3s2)c1=S. The number of aromatic nitrogens is 4. The fourth-order valence-electron chi connectivity index (χ4n) is 3.84. The number of hydrogen-bond acceptors (Lipinski definition) is 6. The molecule has 0 amide bonds. The minimum absolute atomic E-state index is 0.308. The number of furan rings is 1. The van der Waals surface area contributed by atoms with Gasteiger partial charge in [-0.15, -0.1) is 16.4 Å². The van der Waals surface area contributed by atoms with Gasteiger partial charge in [0.1, 0.15) is 5.01 Å². The maximum Gasteiger partial charge on any atom is 0.199 e. The first-order valence-electron chi connectivity index (χ1n) is 9.48. The van der Waals surface area contributed by atoms with Gasteiger partial charge in [-0.1, -0.05) is 18.6 Å². The largest absolute Gasteiger partial charge is 0.461 e. The molecule has 28 heavy (non-hydrogen) atoms. The summed E-state index contributed by atoms with van der Waals surface area (Å²) in [6.07, 6.45) is 5.19. The summed E-state index contributed by atoms with van der Waals surface area (Å²) in [7, 11) is 1.94. The molecule has 1 atom stereocenters. The Labute approximate surface area is 172 Å². The van der Waals surface area contributed by atoms with Crippen molar-refractivity contribution in [3.63, 3.8) is 0 Å². The Kier molecular flexibility index (Phi) is 4.62. The standard InChI is InChI=1S/C20H21N5OS2/c1-23-18(16-9-6-12-26-16)22-25(20(23)27)13-24-11-5-4-8-15(24)19-21-14-7-2-3-10-17(14)28-19/h2-3,6-7,9-10,12,15H,4-5,8,11,13H2,1H3. The number of fused-ring (bicyclic) bond motifs is 1. The fourth-order valence-corrected chi connectivity index (χ4v) is 5.17. The minimum Gasteiger partial charge on any atom is -0.461 e. The first-order chi connectivity index (χ1) is 13.7. The highest BCUT2D eigenvalue weighted by Gasteiger charge is 2.28. The molecule has 1 aromatic carbocycles. The predicted octanol–water partition coefficient (Wildman–Crippen LogP) is 5.01. The average molecular weight is 412 g/mol. The minimum atomic E-state index is 0.308. The van der Waals surface area contributed by atoms with Gasteiger partial charge in [-0.05, 0) is 49.3 Å². The summed E-state index contributed by atoms with van der Waals surface area (Å²) in [5.41, 5.74) is 1.09. The van der Waals surface area contributed by atoms with Gasteiger partial charge in [-0.2, -0.15) is 0 Å². The zero-order valence-electron chi connectivity index (χ0n) is 15.6. The van der Waals surface area contributed by atoms with Gasteiger partial charge >= 0.3 is 0 Å². The molecule has 3 aromatic heterocycles. The van der Waals surface area contributed by atoms with Crippen LogP contribution in [0.4, 0.5) is 0 Å². The summed E-state index contributed by atoms with van der Waals surface area (Å²) < 4.78 is 11.3. The molecule has 1 aliphatic rings. The van der Waals surface area contributed by atoms with E-state index in [0.717, 1.165) is 30.1 Å². The Balaban J connectivity index is 1.46. The Bertz CT molecular complexity index is 1120. The third kappa shape index (κ3) is 3.11. The summed E-state index contributed by atoms with van der Waals surface area (Å²) in [5, 5.41) is 5.93. The number of piperidine rings is 1. The average Bonchev–Trinajstić information content (AvgIpc) is 3.44. The van der Waals surface area contributed by atoms with Crippen molar-refractivity contribution in [1.82, 2.24) is 24.2 Å². The van der Waals surface area contributed by atoms with Crippen LogP contribution in [0.2, 0.25) is 0 Å². The van der Waals surface area contributed by atoms with E-state index in [1.165, 1.54) is 22.5 Å². The second-order valence-corrected chi connectivity index (χ2v) is 8.55. The van der Waals surface area contributed by atoms with Crippen molar-refractivity contribution in [1.29, 1.82) is 0 Å². The van der Waals surface area contributed by atoms with E-state index in [2.05, 4.69) is 23.1 Å². The van der Waals surface area contributed by atoms with Crippen LogP contribution in [-0.2, 0) is 13.7 Å². The second kappa shape index (κ2) is 7.27. The van der Waals surface area contributed by atoms with Gasteiger partial charge in [-0.3, -0.25) is 4.90 Å². The number of hydrogen-bond donors (Lipinski definition) is 0. The van der Waals surface area contributed by atoms with Crippen LogP contribution in [0, 0.1) is 4.77 Å². The monoisotopic (exact) mass is 411 g/mol. The van der Waals surface area contributed by atoms with Gasteiger partial charge in [0.2, 0.25) is 0 Å². The summed E-state index contributed by atoms with van der Waals surface area (Å²) in [5.74, 6) is 1.48. The first-order valence-corrected chi connectivity index (χ1v) is 10.7. The van der Waals surface area contributed by atoms with E-state index < -0.39 is 0 Å². The number of para-hydroxylation sites is 1. The van der Waals surface area contributed by atoms with Crippen molar-refractivity contribution in [2.24, 2.45) is 7.05 Å². The highest BCUT2D eigenvalue weighted by atomic mass is 32.1. The van der Waals surface area contributed by atoms with E-state index in [0.29, 0.717) is 17.5 Å². The molecule has 0 N–H and O–H groups in total. The molecule has 144 valence electrons. The summed E-state index contributed by atoms with van der Waals surface area (Å²) in [6.45, 7) is 1.68. The van der Waals surface area contributed by atoms with E-state index in [9.17, 15) is 0 Å². The van der Waals surface area contributed by atoms with Crippen LogP contribution in [-0.4, -0.2) is 30.8 Å². The number of likely N-dealkylation sites (tertiary alicyclic amines) is 1. The molecule has 1 unspecified atom stereocenters. The molecule has 5 rings (SSSR count). The quantitative estimate of drug-likeness (QED) is 0.442. The van der Waals surface area contributed by atoms with Crippen LogP contribution < -0.4 is 0 Å². The summed E-state index contributed by atoms with van der Waals surface area (Å²) in [4.78, 5) is 7.37. The van der Waals surface area contributed by atoms with Crippen molar-refractivity contribution in [3.8, 4) is 11.6 Å². The van der Waals surface area contributed by atoms with E-state index in [1.807, 2.05) is 34.5 Å². The third-order valence-electron chi connectivity index (χ3n) is 5.31. The highest BCUT2D eigenvalue weighted by molar-refractivity contribution is 7.71. The van der Waals surface area contributed by atoms with Gasteiger partial charge in [-0.25, -0.2) is 9.67 Å². The summed E-state index contributed by atoms with van der Waals surface area (Å²) >= 11 is 7.45. The Hall–Kier alpha value is -2.29. The molecule has 0 bridgehead atoms. The first kappa shape index (κ1) is 17.8. The van der Waals surface area contributed by atoms with Crippen LogP contribution in [0.15, 0.2) is 47.1 Å². The molecule has 0 spiro atoms. The van der Waals surface area contributed by atoms with E-state index in [1.54, 1.807) is 17.6 Å². The van der Waals surface area contributed by atoms with Gasteiger partial charge in [0.05, 0.1) is 29.2 Å². The molecule has 6 nitrogen and oxygen atoms in total. The fraction of sp³-hybridized carbons (Fsp3) is 0.350. The zero-order valence-corrected chi connectivity index (χ0v) is 17.2. The van der Waals surface area contributed by atoms with Crippen molar-refractivity contribution in [3.05, 3.63) is 52.4 Å². The van der Waals surface area contributed by atoms with Crippen molar-refractivity contribution < 1.29 is 4.42 Å². The van der Waals surface area contributed by atoms with Gasteiger partial charge in [0.25, 0.3) is 0 Å². The lowest BCUT2D eigenvalue weighted by Gasteiger charge is -2.34. The van der Waals surface area contributed by atoms with E-state index in [4.69, 9.17) is 26.7 Å². The molecule has 4 heterocycles. The molecular formula is C20H21N5OS2. The smallest absolute Gasteiger partial charge is 0.199 e. The van der Waals surface area contributed by atoms with Crippen LogP contribution in [0.1, 0.15) is 30.3 Å². The van der Waals surface area contributed by atoms with E-state index in [-0.39, 0.29) is 0 Å². The Morgan fingerprint density at radius 1 is 1.21 bits per heavy atom. The van der Waals surface area contributed by atoms with E-state index >= 15 is 0 Å². The second-order valence-electron chi connectivity index (χ2n) is 7.13. The Morgan fingerprint density at radius 2 is 2.11 bits per heavy atom. The normalized spacial score (nSPS) is 18.1. The number of rotatable bonds is 4. The van der Waals surface area contributed by atoms with Gasteiger partial charge in [0, 0.05) is 13.6 Å². The number of benzene rings is 1. The molecule has 1 aliphatic heterocycles. The molecule has 1 saturated heterocycles. The lowest BCUT2D eigenvalue weighted by atomic mass is 10.0. The molecular weight excluding hydrogens is 390 g/mol. The van der Waals surface area contributed by atoms with Gasteiger partial charge < -0.3 is 8.98 Å². The highest BCUT2D eigenvalue weighted by Crippen LogP contribution is 2.36. The van der Waals surface area contributed by atoms with Crippen molar-refractivity contribution in [2.45, 2.75) is 32.0 Å². The van der Waals surface area contributed by atoms with Crippen LogP contribution in [0.5, 0.6) is 0 Å². The molecule has 8 heteroatoms. The lowest BCUT2D eigenvalue weighted by Crippen LogP contribution is -2.35. The maximum absolute atomic E-state index is 5.65. The number of nitrogens with zero attached hydrogens (tertiary/aromatic N) is 5. The van der Waals surface area contributed by atoms with Gasteiger partial charge in [0.15, 0.2) is 16.4 Å². The predicted molar refractivity (Wildman–Crippen MR) is 113 cm³/mol. The molecule has 4 aromatic rings.